The van der Waals surface area contributed by atoms with Gasteiger partial charge in [-0.05, 0) is 19.3 Å². The smallest absolute Gasteiger partial charge is 0.289 e. The first-order valence-corrected chi connectivity index (χ1v) is 5.96. The van der Waals surface area contributed by atoms with Crippen molar-refractivity contribution in [1.29, 1.82) is 0 Å². The van der Waals surface area contributed by atoms with Gasteiger partial charge in [0.15, 0.2) is 6.39 Å². The van der Waals surface area contributed by atoms with Gasteiger partial charge >= 0.3 is 0 Å². The van der Waals surface area contributed by atoms with E-state index in [-0.39, 0.29) is 5.91 Å². The molecule has 1 aromatic rings. The normalized spacial score (nSPS) is 12.4. The summed E-state index contributed by atoms with van der Waals surface area (Å²) in [6, 6.07) is 0. The van der Waals surface area contributed by atoms with Gasteiger partial charge in [0.1, 0.15) is 0 Å². The van der Waals surface area contributed by atoms with E-state index in [1.807, 2.05) is 0 Å². The molecular formula is C11H17ClN2O2. The predicted molar refractivity (Wildman–Crippen MR) is 62.7 cm³/mol. The fraction of sp³-hybridized carbons (Fsp3) is 0.636. The summed E-state index contributed by atoms with van der Waals surface area (Å²) in [4.78, 5) is 15.5. The number of oxazole rings is 1. The van der Waals surface area contributed by atoms with Crippen molar-refractivity contribution in [2.24, 2.45) is 5.92 Å². The molecule has 0 aromatic carbocycles. The minimum Gasteiger partial charge on any atom is -0.438 e. The van der Waals surface area contributed by atoms with Crippen LogP contribution in [0.2, 0.25) is 0 Å². The van der Waals surface area contributed by atoms with E-state index >= 15 is 0 Å². The van der Waals surface area contributed by atoms with E-state index in [9.17, 15) is 4.79 Å². The number of aromatic nitrogens is 1. The molecule has 0 aliphatic carbocycles. The summed E-state index contributed by atoms with van der Waals surface area (Å²) in [5.41, 5.74) is 0.614. The second-order valence-corrected chi connectivity index (χ2v) is 4.11. The molecule has 1 unspecified atom stereocenters. The van der Waals surface area contributed by atoms with Crippen molar-refractivity contribution in [3.05, 3.63) is 17.8 Å². The van der Waals surface area contributed by atoms with Crippen LogP contribution in [0.4, 0.5) is 0 Å². The molecule has 1 heterocycles. The molecule has 0 fully saturated rings. The van der Waals surface area contributed by atoms with Gasteiger partial charge in [-0.1, -0.05) is 13.3 Å². The van der Waals surface area contributed by atoms with Crippen LogP contribution in [0.25, 0.3) is 0 Å². The van der Waals surface area contributed by atoms with Gasteiger partial charge < -0.3 is 9.73 Å². The molecule has 1 amide bonds. The highest BCUT2D eigenvalue weighted by atomic mass is 35.5. The summed E-state index contributed by atoms with van der Waals surface area (Å²) in [7, 11) is 0. The highest BCUT2D eigenvalue weighted by Gasteiger charge is 2.15. The van der Waals surface area contributed by atoms with E-state index in [4.69, 9.17) is 16.0 Å². The molecule has 5 heteroatoms. The summed E-state index contributed by atoms with van der Waals surface area (Å²) >= 11 is 5.67. The summed E-state index contributed by atoms with van der Waals surface area (Å²) in [6.45, 7) is 4.46. The lowest BCUT2D eigenvalue weighted by molar-refractivity contribution is 0.0918. The quantitative estimate of drug-likeness (QED) is 0.782. The maximum absolute atomic E-state index is 11.7. The molecule has 1 rings (SSSR count). The van der Waals surface area contributed by atoms with E-state index in [2.05, 4.69) is 17.2 Å². The molecule has 0 bridgehead atoms. The van der Waals surface area contributed by atoms with Crippen molar-refractivity contribution in [2.45, 2.75) is 26.7 Å². The standard InChI is InChI=1S/C11H17ClN2O2/c1-3-9(4-5-12)6-13-11(15)10-8(2)14-7-16-10/h7,9H,3-6H2,1-2H3,(H,13,15). The van der Waals surface area contributed by atoms with Gasteiger partial charge in [0.2, 0.25) is 5.76 Å². The van der Waals surface area contributed by atoms with Crippen molar-refractivity contribution >= 4 is 17.5 Å². The second-order valence-electron chi connectivity index (χ2n) is 3.73. The highest BCUT2D eigenvalue weighted by Crippen LogP contribution is 2.09. The molecule has 0 aliphatic rings. The van der Waals surface area contributed by atoms with Gasteiger partial charge in [-0.25, -0.2) is 4.98 Å². The van der Waals surface area contributed by atoms with Gasteiger partial charge in [-0.3, -0.25) is 4.79 Å². The third-order valence-corrected chi connectivity index (χ3v) is 2.82. The monoisotopic (exact) mass is 244 g/mol. The Balaban J connectivity index is 2.43. The Morgan fingerprint density at radius 1 is 1.69 bits per heavy atom. The summed E-state index contributed by atoms with van der Waals surface area (Å²) in [5, 5.41) is 2.83. The molecule has 0 radical (unpaired) electrons. The van der Waals surface area contributed by atoms with Crippen LogP contribution < -0.4 is 5.32 Å². The first-order valence-electron chi connectivity index (χ1n) is 5.43. The molecule has 0 saturated heterocycles. The van der Waals surface area contributed by atoms with E-state index in [0.717, 1.165) is 12.8 Å². The van der Waals surface area contributed by atoms with E-state index < -0.39 is 0 Å². The summed E-state index contributed by atoms with van der Waals surface area (Å²) < 4.78 is 5.00. The topological polar surface area (TPSA) is 55.1 Å². The minimum atomic E-state index is -0.206. The van der Waals surface area contributed by atoms with Crippen LogP contribution in [-0.2, 0) is 0 Å². The van der Waals surface area contributed by atoms with Crippen molar-refractivity contribution < 1.29 is 9.21 Å². The number of hydrogen-bond donors (Lipinski definition) is 1. The van der Waals surface area contributed by atoms with Crippen LogP contribution in [0.5, 0.6) is 0 Å². The third-order valence-electron chi connectivity index (χ3n) is 2.60. The van der Waals surface area contributed by atoms with Gasteiger partial charge in [-0.15, -0.1) is 11.6 Å². The molecule has 16 heavy (non-hydrogen) atoms. The Morgan fingerprint density at radius 3 is 2.94 bits per heavy atom. The molecule has 0 spiro atoms. The van der Waals surface area contributed by atoms with E-state index in [0.29, 0.717) is 29.8 Å². The number of nitrogens with one attached hydrogen (secondary N) is 1. The fourth-order valence-electron chi connectivity index (χ4n) is 1.44. The molecular weight excluding hydrogens is 228 g/mol. The summed E-state index contributed by atoms with van der Waals surface area (Å²) in [6.07, 6.45) is 3.19. The van der Waals surface area contributed by atoms with Crippen molar-refractivity contribution in [2.75, 3.05) is 12.4 Å². The van der Waals surface area contributed by atoms with Crippen LogP contribution >= 0.6 is 11.6 Å². The second kappa shape index (κ2) is 6.53. The lowest BCUT2D eigenvalue weighted by Gasteiger charge is -2.13. The predicted octanol–water partition coefficient (Wildman–Crippen LogP) is 2.37. The van der Waals surface area contributed by atoms with Gasteiger partial charge in [0.25, 0.3) is 5.91 Å². The van der Waals surface area contributed by atoms with Crippen molar-refractivity contribution in [3.63, 3.8) is 0 Å². The Kier molecular flexibility index (Phi) is 5.32. The SMILES string of the molecule is CCC(CCCl)CNC(=O)c1ocnc1C. The van der Waals surface area contributed by atoms with Gasteiger partial charge in [0, 0.05) is 12.4 Å². The molecule has 1 atom stereocenters. The third kappa shape index (κ3) is 3.52. The Bertz CT molecular complexity index is 338. The number of amides is 1. The van der Waals surface area contributed by atoms with Crippen LogP contribution in [0.15, 0.2) is 10.8 Å². The maximum Gasteiger partial charge on any atom is 0.289 e. The number of halogens is 1. The average Bonchev–Trinajstić information content (AvgIpc) is 2.70. The Labute approximate surface area is 100 Å². The number of hydrogen-bond acceptors (Lipinski definition) is 3. The lowest BCUT2D eigenvalue weighted by atomic mass is 10.0. The number of alkyl halides is 1. The fourth-order valence-corrected chi connectivity index (χ4v) is 1.75. The van der Waals surface area contributed by atoms with Crippen LogP contribution in [-0.4, -0.2) is 23.3 Å². The number of rotatable bonds is 6. The molecule has 0 saturated carbocycles. The molecule has 1 N–H and O–H groups in total. The van der Waals surface area contributed by atoms with Gasteiger partial charge in [0.05, 0.1) is 5.69 Å². The van der Waals surface area contributed by atoms with Gasteiger partial charge in [-0.2, -0.15) is 0 Å². The molecule has 90 valence electrons. The maximum atomic E-state index is 11.7. The van der Waals surface area contributed by atoms with Crippen LogP contribution in [0.1, 0.15) is 36.0 Å². The van der Waals surface area contributed by atoms with E-state index in [1.165, 1.54) is 6.39 Å². The van der Waals surface area contributed by atoms with Crippen molar-refractivity contribution in [3.8, 4) is 0 Å². The summed E-state index contributed by atoms with van der Waals surface area (Å²) in [5.74, 6) is 1.13. The van der Waals surface area contributed by atoms with Crippen LogP contribution in [0, 0.1) is 12.8 Å². The first-order chi connectivity index (χ1) is 7.69. The lowest BCUT2D eigenvalue weighted by Crippen LogP contribution is -2.29. The zero-order chi connectivity index (χ0) is 12.0. The number of carbonyl (C=O) groups excluding carboxylic acids is 1. The highest BCUT2D eigenvalue weighted by molar-refractivity contribution is 6.17. The molecule has 1 aromatic heterocycles. The largest absolute Gasteiger partial charge is 0.438 e. The number of carbonyl (C=O) groups is 1. The first kappa shape index (κ1) is 13.0. The molecule has 0 aliphatic heterocycles. The number of nitrogens with zero attached hydrogens (tertiary/aromatic N) is 1. The minimum absolute atomic E-state index is 0.206. The zero-order valence-electron chi connectivity index (χ0n) is 9.62. The average molecular weight is 245 g/mol. The Hall–Kier alpha value is -1.03. The molecule has 4 nitrogen and oxygen atoms in total. The zero-order valence-corrected chi connectivity index (χ0v) is 10.4. The van der Waals surface area contributed by atoms with Crippen molar-refractivity contribution in [1.82, 2.24) is 10.3 Å². The Morgan fingerprint density at radius 2 is 2.44 bits per heavy atom. The number of aryl methyl sites for hydroxylation is 1. The van der Waals surface area contributed by atoms with Crippen LogP contribution in [0.3, 0.4) is 0 Å². The van der Waals surface area contributed by atoms with E-state index in [1.54, 1.807) is 6.92 Å².